The van der Waals surface area contributed by atoms with Crippen LogP contribution in [0.15, 0.2) is 27.6 Å². The van der Waals surface area contributed by atoms with E-state index in [9.17, 15) is 4.79 Å². The maximum atomic E-state index is 11.7. The summed E-state index contributed by atoms with van der Waals surface area (Å²) in [5.74, 6) is 0. The number of carbonyl (C=O) groups excluding carboxylic acids is 1. The third-order valence-electron chi connectivity index (χ3n) is 2.13. The van der Waals surface area contributed by atoms with E-state index in [4.69, 9.17) is 0 Å². The van der Waals surface area contributed by atoms with E-state index in [0.29, 0.717) is 0 Å². The maximum Gasteiger partial charge on any atom is 0.218 e. The molecule has 0 saturated carbocycles. The molecule has 0 amide bonds. The van der Waals surface area contributed by atoms with E-state index >= 15 is 0 Å². The molecule has 4 heteroatoms. The first-order valence-electron chi connectivity index (χ1n) is 4.30. The summed E-state index contributed by atoms with van der Waals surface area (Å²) in [6, 6.07) is 5.85. The summed E-state index contributed by atoms with van der Waals surface area (Å²) in [7, 11) is 0. The highest BCUT2D eigenvalue weighted by Crippen LogP contribution is 2.41. The van der Waals surface area contributed by atoms with Gasteiger partial charge in [0.15, 0.2) is 0 Å². The number of thioether (sulfide) groups is 1. The molecular weight excluding hydrogens is 262 g/mol. The van der Waals surface area contributed by atoms with E-state index in [1.807, 2.05) is 32.0 Å². The lowest BCUT2D eigenvalue weighted by Gasteiger charge is -2.31. The summed E-state index contributed by atoms with van der Waals surface area (Å²) in [4.78, 5) is 12.7. The first-order chi connectivity index (χ1) is 6.50. The molecule has 74 valence electrons. The average Bonchev–Trinajstić information content (AvgIpc) is 2.09. The summed E-state index contributed by atoms with van der Waals surface area (Å²) in [6.07, 6.45) is 0. The number of benzene rings is 1. The predicted molar refractivity (Wildman–Crippen MR) is 62.7 cm³/mol. The summed E-state index contributed by atoms with van der Waals surface area (Å²) in [5, 5.41) is 3.39. The molecule has 0 fully saturated rings. The predicted octanol–water partition coefficient (Wildman–Crippen LogP) is 3.27. The second-order valence-electron chi connectivity index (χ2n) is 3.75. The number of fused-ring (bicyclic) bond motifs is 1. The van der Waals surface area contributed by atoms with Crippen LogP contribution in [0.3, 0.4) is 0 Å². The number of para-hydroxylation sites is 1. The molecule has 0 radical (unpaired) electrons. The van der Waals surface area contributed by atoms with Gasteiger partial charge in [-0.2, -0.15) is 0 Å². The first-order valence-corrected chi connectivity index (χ1v) is 5.90. The van der Waals surface area contributed by atoms with Crippen LogP contribution in [0.4, 0.5) is 5.69 Å². The Morgan fingerprint density at radius 1 is 1.43 bits per heavy atom. The minimum absolute atomic E-state index is 0.156. The second kappa shape index (κ2) is 3.28. The van der Waals surface area contributed by atoms with E-state index in [1.165, 1.54) is 11.8 Å². The van der Waals surface area contributed by atoms with Crippen molar-refractivity contribution < 1.29 is 4.79 Å². The zero-order valence-corrected chi connectivity index (χ0v) is 10.3. The molecule has 0 bridgehead atoms. The van der Waals surface area contributed by atoms with Gasteiger partial charge in [-0.05, 0) is 53.7 Å². The van der Waals surface area contributed by atoms with Crippen molar-refractivity contribution in [3.63, 3.8) is 0 Å². The number of hydrogen-bond acceptors (Lipinski definition) is 3. The van der Waals surface area contributed by atoms with Gasteiger partial charge in [0.05, 0.1) is 5.69 Å². The number of rotatable bonds is 0. The minimum atomic E-state index is -0.485. The number of halogens is 1. The van der Waals surface area contributed by atoms with Gasteiger partial charge < -0.3 is 5.32 Å². The molecule has 0 aliphatic carbocycles. The summed E-state index contributed by atoms with van der Waals surface area (Å²) < 4.78 is 1.00. The van der Waals surface area contributed by atoms with Crippen molar-refractivity contribution >= 4 is 38.5 Å². The molecule has 0 atom stereocenters. The lowest BCUT2D eigenvalue weighted by Crippen LogP contribution is -2.41. The molecule has 1 aliphatic heterocycles. The molecule has 1 heterocycles. The molecule has 1 aromatic carbocycles. The Morgan fingerprint density at radius 2 is 2.14 bits per heavy atom. The van der Waals surface area contributed by atoms with E-state index < -0.39 is 5.54 Å². The van der Waals surface area contributed by atoms with Crippen molar-refractivity contribution in [1.29, 1.82) is 0 Å². The number of anilines is 1. The lowest BCUT2D eigenvalue weighted by molar-refractivity contribution is -0.114. The van der Waals surface area contributed by atoms with Crippen LogP contribution in [-0.2, 0) is 4.79 Å². The minimum Gasteiger partial charge on any atom is -0.371 e. The quantitative estimate of drug-likeness (QED) is 0.785. The van der Waals surface area contributed by atoms with Gasteiger partial charge in [-0.1, -0.05) is 6.07 Å². The lowest BCUT2D eigenvalue weighted by atomic mass is 10.1. The second-order valence-corrected chi connectivity index (χ2v) is 5.62. The zero-order chi connectivity index (χ0) is 10.3. The number of carbonyl (C=O) groups is 1. The van der Waals surface area contributed by atoms with Gasteiger partial charge in [0, 0.05) is 9.37 Å². The summed E-state index contributed by atoms with van der Waals surface area (Å²) >= 11 is 4.77. The Kier molecular flexibility index (Phi) is 2.35. The van der Waals surface area contributed by atoms with E-state index in [-0.39, 0.29) is 5.12 Å². The fourth-order valence-corrected chi connectivity index (χ4v) is 2.81. The normalized spacial score (nSPS) is 18.6. The summed E-state index contributed by atoms with van der Waals surface area (Å²) in [6.45, 7) is 3.79. The van der Waals surface area contributed by atoms with Crippen LogP contribution in [-0.4, -0.2) is 10.7 Å². The molecule has 2 rings (SSSR count). The maximum absolute atomic E-state index is 11.7. The van der Waals surface area contributed by atoms with Crippen molar-refractivity contribution in [2.24, 2.45) is 0 Å². The molecule has 0 spiro atoms. The molecule has 2 nitrogen and oxygen atoms in total. The highest BCUT2D eigenvalue weighted by molar-refractivity contribution is 9.10. The van der Waals surface area contributed by atoms with Gasteiger partial charge in [0.2, 0.25) is 5.12 Å². The third-order valence-corrected chi connectivity index (χ3v) is 4.04. The Morgan fingerprint density at radius 3 is 2.86 bits per heavy atom. The van der Waals surface area contributed by atoms with Crippen LogP contribution >= 0.6 is 27.7 Å². The Bertz CT molecular complexity index is 403. The molecule has 0 aromatic heterocycles. The van der Waals surface area contributed by atoms with Crippen molar-refractivity contribution in [2.45, 2.75) is 24.3 Å². The van der Waals surface area contributed by atoms with Gasteiger partial charge >= 0.3 is 0 Å². The van der Waals surface area contributed by atoms with Crippen molar-refractivity contribution in [3.05, 3.63) is 22.7 Å². The number of hydrogen-bond donors (Lipinski definition) is 1. The topological polar surface area (TPSA) is 29.1 Å². The van der Waals surface area contributed by atoms with Gasteiger partial charge in [0.1, 0.15) is 5.54 Å². The van der Waals surface area contributed by atoms with Gasteiger partial charge in [-0.15, -0.1) is 0 Å². The molecule has 0 saturated heterocycles. The zero-order valence-electron chi connectivity index (χ0n) is 7.93. The van der Waals surface area contributed by atoms with Crippen molar-refractivity contribution in [3.8, 4) is 0 Å². The molecule has 1 aliphatic rings. The monoisotopic (exact) mass is 271 g/mol. The van der Waals surface area contributed by atoms with E-state index in [1.54, 1.807) is 0 Å². The Hall–Kier alpha value is -0.480. The SMILES string of the molecule is CC1(C)Nc2c(Br)cccc2SC1=O. The van der Waals surface area contributed by atoms with Crippen LogP contribution in [0.25, 0.3) is 0 Å². The molecule has 14 heavy (non-hydrogen) atoms. The fourth-order valence-electron chi connectivity index (χ4n) is 1.30. The van der Waals surface area contributed by atoms with E-state index in [0.717, 1.165) is 15.1 Å². The largest absolute Gasteiger partial charge is 0.371 e. The van der Waals surface area contributed by atoms with E-state index in [2.05, 4.69) is 21.2 Å². The fraction of sp³-hybridized carbons (Fsp3) is 0.300. The molecular formula is C10H10BrNOS. The third kappa shape index (κ3) is 1.57. The Labute approximate surface area is 95.6 Å². The van der Waals surface area contributed by atoms with Crippen LogP contribution in [0.5, 0.6) is 0 Å². The van der Waals surface area contributed by atoms with Gasteiger partial charge in [0.25, 0.3) is 0 Å². The van der Waals surface area contributed by atoms with Crippen molar-refractivity contribution in [2.75, 3.05) is 5.32 Å². The van der Waals surface area contributed by atoms with Crippen LogP contribution in [0, 0.1) is 0 Å². The smallest absolute Gasteiger partial charge is 0.218 e. The Balaban J connectivity index is 2.51. The van der Waals surface area contributed by atoms with Crippen LogP contribution in [0.2, 0.25) is 0 Å². The van der Waals surface area contributed by atoms with Crippen molar-refractivity contribution in [1.82, 2.24) is 0 Å². The highest BCUT2D eigenvalue weighted by atomic mass is 79.9. The molecule has 0 unspecified atom stereocenters. The molecule has 1 N–H and O–H groups in total. The first kappa shape index (κ1) is 10.1. The molecule has 1 aromatic rings. The summed E-state index contributed by atoms with van der Waals surface area (Å²) in [5.41, 5.74) is 0.531. The van der Waals surface area contributed by atoms with Crippen LogP contribution < -0.4 is 5.32 Å². The standard InChI is InChI=1S/C10H10BrNOS/c1-10(2)9(13)14-7-5-3-4-6(11)8(7)12-10/h3-5,12H,1-2H3. The van der Waals surface area contributed by atoms with Gasteiger partial charge in [-0.25, -0.2) is 0 Å². The number of nitrogens with one attached hydrogen (secondary N) is 1. The highest BCUT2D eigenvalue weighted by Gasteiger charge is 2.34. The average molecular weight is 272 g/mol. The van der Waals surface area contributed by atoms with Gasteiger partial charge in [-0.3, -0.25) is 4.79 Å². The van der Waals surface area contributed by atoms with Crippen LogP contribution in [0.1, 0.15) is 13.8 Å².